The van der Waals surface area contributed by atoms with Gasteiger partial charge in [-0.15, -0.1) is 0 Å². The van der Waals surface area contributed by atoms with Gasteiger partial charge in [0.05, 0.1) is 11.5 Å². The Kier molecular flexibility index (Phi) is 3.55. The van der Waals surface area contributed by atoms with Crippen molar-refractivity contribution in [2.24, 2.45) is 0 Å². The molecular weight excluding hydrogens is 282 g/mol. The summed E-state index contributed by atoms with van der Waals surface area (Å²) in [7, 11) is 0. The minimum absolute atomic E-state index is 0.0863. The topological polar surface area (TPSA) is 75.6 Å². The van der Waals surface area contributed by atoms with E-state index in [1.54, 1.807) is 24.3 Å². The molecule has 1 aliphatic heterocycles. The van der Waals surface area contributed by atoms with E-state index in [4.69, 9.17) is 4.74 Å². The summed E-state index contributed by atoms with van der Waals surface area (Å²) in [6.07, 6.45) is 0. The zero-order chi connectivity index (χ0) is 15.7. The summed E-state index contributed by atoms with van der Waals surface area (Å²) in [4.78, 5) is 24.1. The molecule has 0 aliphatic carbocycles. The zero-order valence-corrected chi connectivity index (χ0v) is 12.0. The molecule has 0 saturated carbocycles. The van der Waals surface area contributed by atoms with Crippen LogP contribution in [0.5, 0.6) is 11.5 Å². The molecular formula is C17H15NO4. The number of ether oxygens (including phenoxy) is 1. The molecule has 5 heteroatoms. The molecule has 0 radical (unpaired) electrons. The molecule has 2 N–H and O–H groups in total. The zero-order valence-electron chi connectivity index (χ0n) is 12.0. The highest BCUT2D eigenvalue weighted by molar-refractivity contribution is 5.97. The predicted octanol–water partition coefficient (Wildman–Crippen LogP) is 2.76. The summed E-state index contributed by atoms with van der Waals surface area (Å²) in [5.74, 6) is -1.00. The van der Waals surface area contributed by atoms with Crippen LogP contribution in [0.15, 0.2) is 42.5 Å². The number of carboxylic acid groups (broad SMARTS) is 1. The van der Waals surface area contributed by atoms with Crippen LogP contribution in [0.3, 0.4) is 0 Å². The third kappa shape index (κ3) is 2.20. The van der Waals surface area contributed by atoms with Crippen LogP contribution in [0.2, 0.25) is 0 Å². The van der Waals surface area contributed by atoms with Crippen molar-refractivity contribution >= 4 is 11.9 Å². The van der Waals surface area contributed by atoms with Gasteiger partial charge in [-0.2, -0.15) is 0 Å². The number of hydrogen-bond acceptors (Lipinski definition) is 3. The lowest BCUT2D eigenvalue weighted by Gasteiger charge is -2.28. The smallest absolute Gasteiger partial charge is 0.336 e. The van der Waals surface area contributed by atoms with Crippen molar-refractivity contribution in [1.29, 1.82) is 0 Å². The quantitative estimate of drug-likeness (QED) is 0.913. The number of carboxylic acids is 1. The average Bonchev–Trinajstić information content (AvgIpc) is 2.51. The van der Waals surface area contributed by atoms with Crippen LogP contribution in [0.4, 0.5) is 0 Å². The summed E-state index contributed by atoms with van der Waals surface area (Å²) in [5.41, 5.74) is 1.16. The van der Waals surface area contributed by atoms with Crippen molar-refractivity contribution in [3.8, 4) is 11.5 Å². The Morgan fingerprint density at radius 3 is 2.59 bits per heavy atom. The molecule has 0 spiro atoms. The van der Waals surface area contributed by atoms with Crippen LogP contribution in [0.1, 0.15) is 34.3 Å². The summed E-state index contributed by atoms with van der Waals surface area (Å²) < 4.78 is 5.78. The Morgan fingerprint density at radius 1 is 1.14 bits per heavy atom. The van der Waals surface area contributed by atoms with E-state index in [1.165, 1.54) is 6.07 Å². The fourth-order valence-corrected chi connectivity index (χ4v) is 2.75. The minimum atomic E-state index is -1.07. The third-order valence-electron chi connectivity index (χ3n) is 3.65. The number of nitrogens with one attached hydrogen (secondary N) is 1. The van der Waals surface area contributed by atoms with Gasteiger partial charge in [-0.1, -0.05) is 24.3 Å². The summed E-state index contributed by atoms with van der Waals surface area (Å²) in [5, 5.41) is 12.2. The Labute approximate surface area is 127 Å². The number of carbonyl (C=O) groups is 2. The number of likely N-dealkylation sites (N-methyl/N-ethyl adjacent to an activating group) is 1. The van der Waals surface area contributed by atoms with E-state index in [-0.39, 0.29) is 11.5 Å². The number of amides is 1. The first-order chi connectivity index (χ1) is 10.6. The van der Waals surface area contributed by atoms with Gasteiger partial charge in [-0.3, -0.25) is 4.79 Å². The first-order valence-electron chi connectivity index (χ1n) is 7.04. The second-order valence-corrected chi connectivity index (χ2v) is 4.99. The van der Waals surface area contributed by atoms with Gasteiger partial charge < -0.3 is 15.2 Å². The van der Waals surface area contributed by atoms with Crippen LogP contribution >= 0.6 is 0 Å². The van der Waals surface area contributed by atoms with Crippen LogP contribution in [0.25, 0.3) is 0 Å². The summed E-state index contributed by atoms with van der Waals surface area (Å²) >= 11 is 0. The fraction of sp³-hybridized carbons (Fsp3) is 0.176. The van der Waals surface area contributed by atoms with Crippen LogP contribution in [-0.2, 0) is 4.79 Å². The summed E-state index contributed by atoms with van der Waals surface area (Å²) in [6.45, 7) is 2.30. The number of rotatable bonds is 3. The van der Waals surface area contributed by atoms with Crippen molar-refractivity contribution < 1.29 is 19.4 Å². The highest BCUT2D eigenvalue weighted by Gasteiger charge is 2.35. The van der Waals surface area contributed by atoms with Gasteiger partial charge in [0, 0.05) is 17.7 Å². The lowest BCUT2D eigenvalue weighted by molar-refractivity contribution is -0.121. The van der Waals surface area contributed by atoms with Crippen molar-refractivity contribution in [2.75, 3.05) is 6.54 Å². The number of hydrogen-bond donors (Lipinski definition) is 2. The van der Waals surface area contributed by atoms with Crippen LogP contribution < -0.4 is 10.1 Å². The molecule has 1 unspecified atom stereocenters. The van der Waals surface area contributed by atoms with E-state index in [0.717, 1.165) is 0 Å². The van der Waals surface area contributed by atoms with E-state index in [2.05, 4.69) is 5.32 Å². The average molecular weight is 297 g/mol. The van der Waals surface area contributed by atoms with E-state index in [9.17, 15) is 14.7 Å². The molecule has 22 heavy (non-hydrogen) atoms. The van der Waals surface area contributed by atoms with E-state index >= 15 is 0 Å². The van der Waals surface area contributed by atoms with Gasteiger partial charge >= 0.3 is 5.97 Å². The molecule has 1 amide bonds. The van der Waals surface area contributed by atoms with Gasteiger partial charge in [0.1, 0.15) is 11.5 Å². The van der Waals surface area contributed by atoms with Crippen molar-refractivity contribution in [2.45, 2.75) is 12.8 Å². The predicted molar refractivity (Wildman–Crippen MR) is 80.4 cm³/mol. The standard InChI is InChI=1S/C17H15NO4/c1-2-18-16(19)15-10-6-3-4-8-12(10)22-13-9-5-7-11(14(13)15)17(20)21/h3-9,15H,2H2,1H3,(H,18,19)(H,20,21). The Bertz CT molecular complexity index is 754. The number of fused-ring (bicyclic) bond motifs is 2. The molecule has 1 aliphatic rings. The maximum atomic E-state index is 12.5. The van der Waals surface area contributed by atoms with E-state index < -0.39 is 11.9 Å². The lowest BCUT2D eigenvalue weighted by atomic mass is 9.84. The van der Waals surface area contributed by atoms with Gasteiger partial charge in [0.15, 0.2) is 0 Å². The second-order valence-electron chi connectivity index (χ2n) is 4.99. The van der Waals surface area contributed by atoms with Gasteiger partial charge in [0.2, 0.25) is 5.91 Å². The molecule has 112 valence electrons. The molecule has 1 heterocycles. The number of benzene rings is 2. The van der Waals surface area contributed by atoms with Crippen molar-refractivity contribution in [3.63, 3.8) is 0 Å². The second kappa shape index (κ2) is 5.52. The molecule has 0 aromatic heterocycles. The first kappa shape index (κ1) is 14.1. The molecule has 0 saturated heterocycles. The molecule has 2 aromatic rings. The highest BCUT2D eigenvalue weighted by atomic mass is 16.5. The highest BCUT2D eigenvalue weighted by Crippen LogP contribution is 2.45. The largest absolute Gasteiger partial charge is 0.478 e. The van der Waals surface area contributed by atoms with Gasteiger partial charge in [0.25, 0.3) is 0 Å². The maximum Gasteiger partial charge on any atom is 0.336 e. The number of carbonyl (C=O) groups excluding carboxylic acids is 1. The maximum absolute atomic E-state index is 12.5. The minimum Gasteiger partial charge on any atom is -0.478 e. The molecule has 0 fully saturated rings. The van der Waals surface area contributed by atoms with Gasteiger partial charge in [-0.05, 0) is 25.1 Å². The van der Waals surface area contributed by atoms with Crippen LogP contribution in [0, 0.1) is 0 Å². The molecule has 5 nitrogen and oxygen atoms in total. The Hall–Kier alpha value is -2.82. The monoisotopic (exact) mass is 297 g/mol. The van der Waals surface area contributed by atoms with E-state index in [0.29, 0.717) is 29.2 Å². The fourth-order valence-electron chi connectivity index (χ4n) is 2.75. The molecule has 3 rings (SSSR count). The van der Waals surface area contributed by atoms with Crippen LogP contribution in [-0.4, -0.2) is 23.5 Å². The number of para-hydroxylation sites is 1. The summed E-state index contributed by atoms with van der Waals surface area (Å²) in [6, 6.07) is 12.0. The molecule has 0 bridgehead atoms. The molecule has 2 aromatic carbocycles. The van der Waals surface area contributed by atoms with Crippen molar-refractivity contribution in [3.05, 3.63) is 59.2 Å². The van der Waals surface area contributed by atoms with E-state index in [1.807, 2.05) is 19.1 Å². The lowest BCUT2D eigenvalue weighted by Crippen LogP contribution is -2.32. The number of aromatic carboxylic acids is 1. The first-order valence-corrected chi connectivity index (χ1v) is 7.04. The van der Waals surface area contributed by atoms with Gasteiger partial charge in [-0.25, -0.2) is 4.79 Å². The third-order valence-corrected chi connectivity index (χ3v) is 3.65. The molecule has 1 atom stereocenters. The Morgan fingerprint density at radius 2 is 1.86 bits per heavy atom. The SMILES string of the molecule is CCNC(=O)C1c2ccccc2Oc2cccc(C(=O)O)c21. The normalized spacial score (nSPS) is 15.2. The van der Waals surface area contributed by atoms with Crippen molar-refractivity contribution in [1.82, 2.24) is 5.32 Å². The Balaban J connectivity index is 2.24.